The van der Waals surface area contributed by atoms with Crippen molar-refractivity contribution >= 4 is 21.6 Å². The molecule has 1 aliphatic carbocycles. The molecule has 10 heteroatoms. The molecule has 0 aromatic carbocycles. The number of anilines is 1. The molecule has 3 aromatic heterocycles. The van der Waals surface area contributed by atoms with Crippen LogP contribution in [0.5, 0.6) is 11.6 Å². The Balaban J connectivity index is 1.78. The molecule has 1 N–H and O–H groups in total. The quantitative estimate of drug-likeness (QED) is 0.612. The van der Waals surface area contributed by atoms with E-state index in [2.05, 4.69) is 19.9 Å². The number of sulfonamides is 1. The maximum absolute atomic E-state index is 11.7. The van der Waals surface area contributed by atoms with E-state index >= 15 is 0 Å². The number of hydrogen-bond donors (Lipinski definition) is 1. The summed E-state index contributed by atoms with van der Waals surface area (Å²) in [6, 6.07) is 5.47. The monoisotopic (exact) mass is 431 g/mol. The van der Waals surface area contributed by atoms with Crippen LogP contribution >= 0.6 is 0 Å². The molecule has 4 rings (SSSR count). The second-order valence-electron chi connectivity index (χ2n) is 7.55. The molecule has 0 saturated heterocycles. The molecular formula is C20H25N5O4S. The zero-order chi connectivity index (χ0) is 21.1. The highest BCUT2D eigenvalue weighted by Crippen LogP contribution is 2.37. The van der Waals surface area contributed by atoms with Crippen LogP contribution in [0.25, 0.3) is 16.8 Å². The van der Waals surface area contributed by atoms with E-state index < -0.39 is 10.0 Å². The second-order valence-corrected chi connectivity index (χ2v) is 9.30. The lowest BCUT2D eigenvalue weighted by Crippen LogP contribution is -2.16. The maximum Gasteiger partial charge on any atom is 0.242 e. The summed E-state index contributed by atoms with van der Waals surface area (Å²) >= 11 is 0. The second kappa shape index (κ2) is 8.47. The summed E-state index contributed by atoms with van der Waals surface area (Å²) in [5, 5.41) is 8.06. The van der Waals surface area contributed by atoms with E-state index in [9.17, 15) is 8.42 Å². The molecule has 0 radical (unpaired) electrons. The first-order valence-electron chi connectivity index (χ1n) is 9.93. The third-order valence-electron chi connectivity index (χ3n) is 5.24. The van der Waals surface area contributed by atoms with Gasteiger partial charge in [-0.05, 0) is 30.9 Å². The molecule has 0 unspecified atom stereocenters. The van der Waals surface area contributed by atoms with Gasteiger partial charge in [0, 0.05) is 29.6 Å². The lowest BCUT2D eigenvalue weighted by atomic mass is 9.90. The van der Waals surface area contributed by atoms with Crippen molar-refractivity contribution in [3.8, 4) is 22.8 Å². The predicted molar refractivity (Wildman–Crippen MR) is 113 cm³/mol. The van der Waals surface area contributed by atoms with Crippen LogP contribution in [0.1, 0.15) is 32.1 Å². The van der Waals surface area contributed by atoms with Gasteiger partial charge in [-0.1, -0.05) is 19.3 Å². The Morgan fingerprint density at radius 2 is 2.00 bits per heavy atom. The fraction of sp³-hybridized carbons (Fsp3) is 0.450. The molecule has 9 nitrogen and oxygen atoms in total. The Hall–Kier alpha value is -2.88. The highest BCUT2D eigenvalue weighted by Gasteiger charge is 2.20. The van der Waals surface area contributed by atoms with Gasteiger partial charge >= 0.3 is 0 Å². The summed E-state index contributed by atoms with van der Waals surface area (Å²) in [4.78, 5) is 4.28. The Labute approximate surface area is 175 Å². The highest BCUT2D eigenvalue weighted by molar-refractivity contribution is 7.92. The van der Waals surface area contributed by atoms with Crippen LogP contribution in [-0.4, -0.2) is 48.0 Å². The fourth-order valence-electron chi connectivity index (χ4n) is 3.79. The first-order chi connectivity index (χ1) is 14.4. The summed E-state index contributed by atoms with van der Waals surface area (Å²) in [6.45, 7) is 0.619. The molecular weight excluding hydrogens is 406 g/mol. The van der Waals surface area contributed by atoms with Crippen molar-refractivity contribution in [1.82, 2.24) is 19.6 Å². The third kappa shape index (κ3) is 4.48. The van der Waals surface area contributed by atoms with E-state index in [0.29, 0.717) is 29.8 Å². The van der Waals surface area contributed by atoms with Crippen molar-refractivity contribution in [2.24, 2.45) is 5.92 Å². The Morgan fingerprint density at radius 1 is 1.20 bits per heavy atom. The van der Waals surface area contributed by atoms with Gasteiger partial charge in [0.05, 0.1) is 20.0 Å². The Kier molecular flexibility index (Phi) is 5.76. The normalized spacial score (nSPS) is 15.3. The van der Waals surface area contributed by atoms with Crippen LogP contribution < -0.4 is 14.2 Å². The van der Waals surface area contributed by atoms with Gasteiger partial charge in [0.2, 0.25) is 21.9 Å². The highest BCUT2D eigenvalue weighted by atomic mass is 32.2. The smallest absolute Gasteiger partial charge is 0.242 e. The molecule has 0 atom stereocenters. The van der Waals surface area contributed by atoms with Gasteiger partial charge < -0.3 is 9.47 Å². The standard InChI is InChI=1S/C20H25N5O4S/c1-28-19-15(9-6-10-21-19)16-12-25-18(22-23-20(25)24-30(2,26)27)11-17(16)29-13-14-7-4-3-5-8-14/h6,9-12,14H,3-5,7-8,13H2,1-2H3,(H,23,24). The number of fused-ring (bicyclic) bond motifs is 1. The maximum atomic E-state index is 11.7. The van der Waals surface area contributed by atoms with E-state index in [4.69, 9.17) is 9.47 Å². The SMILES string of the molecule is COc1ncccc1-c1cn2c(NS(C)(=O)=O)nnc2cc1OCC1CCCCC1. The topological polar surface area (TPSA) is 108 Å². The van der Waals surface area contributed by atoms with E-state index in [-0.39, 0.29) is 5.95 Å². The summed E-state index contributed by atoms with van der Waals surface area (Å²) in [7, 11) is -1.95. The van der Waals surface area contributed by atoms with Gasteiger partial charge in [-0.25, -0.2) is 13.4 Å². The van der Waals surface area contributed by atoms with Gasteiger partial charge in [0.1, 0.15) is 5.75 Å². The fourth-order valence-corrected chi connectivity index (χ4v) is 4.26. The zero-order valence-electron chi connectivity index (χ0n) is 17.0. The third-order valence-corrected chi connectivity index (χ3v) is 5.79. The number of methoxy groups -OCH3 is 1. The van der Waals surface area contributed by atoms with Crippen LogP contribution in [0.4, 0.5) is 5.95 Å². The number of pyridine rings is 2. The molecule has 0 bridgehead atoms. The number of ether oxygens (including phenoxy) is 2. The molecule has 30 heavy (non-hydrogen) atoms. The van der Waals surface area contributed by atoms with Crippen LogP contribution in [0.2, 0.25) is 0 Å². The van der Waals surface area contributed by atoms with Crippen molar-refractivity contribution in [1.29, 1.82) is 0 Å². The summed E-state index contributed by atoms with van der Waals surface area (Å²) in [6.07, 6.45) is 10.6. The van der Waals surface area contributed by atoms with Crippen LogP contribution in [-0.2, 0) is 10.0 Å². The molecule has 1 saturated carbocycles. The van der Waals surface area contributed by atoms with Gasteiger partial charge in [-0.3, -0.25) is 9.12 Å². The van der Waals surface area contributed by atoms with E-state index in [0.717, 1.165) is 17.4 Å². The zero-order valence-corrected chi connectivity index (χ0v) is 17.9. The van der Waals surface area contributed by atoms with Gasteiger partial charge in [0.15, 0.2) is 5.65 Å². The number of hydrogen-bond acceptors (Lipinski definition) is 7. The number of rotatable bonds is 7. The summed E-state index contributed by atoms with van der Waals surface area (Å²) < 4.78 is 39.0. The number of aromatic nitrogens is 4. The summed E-state index contributed by atoms with van der Waals surface area (Å²) in [5.74, 6) is 1.72. The lowest BCUT2D eigenvalue weighted by molar-refractivity contribution is 0.209. The minimum atomic E-state index is -3.51. The Morgan fingerprint density at radius 3 is 2.73 bits per heavy atom. The molecule has 0 aliphatic heterocycles. The molecule has 3 aromatic rings. The van der Waals surface area contributed by atoms with Gasteiger partial charge in [0.25, 0.3) is 0 Å². The van der Waals surface area contributed by atoms with Crippen LogP contribution in [0, 0.1) is 5.92 Å². The Bertz CT molecular complexity index is 1140. The predicted octanol–water partition coefficient (Wildman–Crippen LogP) is 3.13. The molecule has 160 valence electrons. The summed E-state index contributed by atoms with van der Waals surface area (Å²) in [5.41, 5.74) is 1.94. The first-order valence-corrected chi connectivity index (χ1v) is 11.8. The molecule has 3 heterocycles. The largest absolute Gasteiger partial charge is 0.492 e. The first kappa shape index (κ1) is 20.4. The minimum absolute atomic E-state index is 0.107. The van der Waals surface area contributed by atoms with Crippen molar-refractivity contribution in [2.45, 2.75) is 32.1 Å². The lowest BCUT2D eigenvalue weighted by Gasteiger charge is -2.22. The molecule has 0 amide bonds. The molecule has 1 aliphatic rings. The van der Waals surface area contributed by atoms with Gasteiger partial charge in [-0.15, -0.1) is 10.2 Å². The van der Waals surface area contributed by atoms with Crippen molar-refractivity contribution in [3.05, 3.63) is 30.6 Å². The average Bonchev–Trinajstić information content (AvgIpc) is 3.12. The van der Waals surface area contributed by atoms with E-state index in [1.807, 2.05) is 12.1 Å². The van der Waals surface area contributed by atoms with E-state index in [1.54, 1.807) is 30.0 Å². The van der Waals surface area contributed by atoms with Crippen molar-refractivity contribution in [2.75, 3.05) is 24.7 Å². The number of nitrogens with one attached hydrogen (secondary N) is 1. The molecule has 0 spiro atoms. The van der Waals surface area contributed by atoms with E-state index in [1.165, 1.54) is 32.1 Å². The van der Waals surface area contributed by atoms with Crippen LogP contribution in [0.3, 0.4) is 0 Å². The minimum Gasteiger partial charge on any atom is -0.492 e. The van der Waals surface area contributed by atoms with Crippen LogP contribution in [0.15, 0.2) is 30.6 Å². The van der Waals surface area contributed by atoms with Crippen molar-refractivity contribution < 1.29 is 17.9 Å². The van der Waals surface area contributed by atoms with Crippen molar-refractivity contribution in [3.63, 3.8) is 0 Å². The average molecular weight is 432 g/mol. The van der Waals surface area contributed by atoms with Gasteiger partial charge in [-0.2, -0.15) is 0 Å². The number of nitrogens with zero attached hydrogens (tertiary/aromatic N) is 4. The molecule has 1 fully saturated rings.